The molecule has 2 aromatic carbocycles. The Morgan fingerprint density at radius 1 is 1.00 bits per heavy atom. The Labute approximate surface area is 215 Å². The summed E-state index contributed by atoms with van der Waals surface area (Å²) >= 11 is 0. The highest BCUT2D eigenvalue weighted by Gasteiger charge is 2.38. The number of amides is 3. The maximum absolute atomic E-state index is 13.7. The summed E-state index contributed by atoms with van der Waals surface area (Å²) in [5, 5.41) is 6.60. The minimum absolute atomic E-state index is 0.0112. The van der Waals surface area contributed by atoms with Gasteiger partial charge >= 0.3 is 5.97 Å². The molecule has 0 radical (unpaired) electrons. The van der Waals surface area contributed by atoms with E-state index in [-0.39, 0.29) is 31.0 Å². The second kappa shape index (κ2) is 10.8. The second-order valence-electron chi connectivity index (χ2n) is 9.86. The van der Waals surface area contributed by atoms with Crippen LogP contribution in [0.25, 0.3) is 10.8 Å². The van der Waals surface area contributed by atoms with E-state index in [1.54, 1.807) is 39.0 Å². The molecule has 1 unspecified atom stereocenters. The number of ether oxygens (including phenoxy) is 1. The standard InChI is InChI=1S/C28H30N4O5/c1-28(2,3)37-24(34)18-32-27(36)22(13-14-23(33)31(32)17-19-9-5-4-6-10-19)30-26(35)25-21-12-8-7-11-20(21)15-16-29-25/h4-12,15-16,22H,13-14,17-18H2,1-3H3,(H,30,35). The van der Waals surface area contributed by atoms with Crippen molar-refractivity contribution in [1.82, 2.24) is 20.3 Å². The molecule has 3 aromatic rings. The Kier molecular flexibility index (Phi) is 7.52. The van der Waals surface area contributed by atoms with Crippen molar-refractivity contribution in [1.29, 1.82) is 0 Å². The average Bonchev–Trinajstić information content (AvgIpc) is 2.96. The fourth-order valence-electron chi connectivity index (χ4n) is 4.20. The third kappa shape index (κ3) is 6.30. The minimum atomic E-state index is -1.03. The van der Waals surface area contributed by atoms with Crippen LogP contribution in [0.3, 0.4) is 0 Å². The number of esters is 1. The largest absolute Gasteiger partial charge is 0.459 e. The van der Waals surface area contributed by atoms with Gasteiger partial charge in [-0.05, 0) is 44.2 Å². The summed E-state index contributed by atoms with van der Waals surface area (Å²) in [6.07, 6.45) is 1.63. The number of nitrogens with zero attached hydrogens (tertiary/aromatic N) is 3. The molecule has 37 heavy (non-hydrogen) atoms. The van der Waals surface area contributed by atoms with Crippen LogP contribution in [-0.2, 0) is 25.7 Å². The molecule has 3 amide bonds. The van der Waals surface area contributed by atoms with Gasteiger partial charge in [0.15, 0.2) is 0 Å². The Bertz CT molecular complexity index is 1310. The summed E-state index contributed by atoms with van der Waals surface area (Å²) < 4.78 is 5.43. The van der Waals surface area contributed by atoms with Crippen molar-refractivity contribution in [3.8, 4) is 0 Å². The number of benzene rings is 2. The van der Waals surface area contributed by atoms with Crippen molar-refractivity contribution in [2.24, 2.45) is 0 Å². The lowest BCUT2D eigenvalue weighted by Gasteiger charge is -2.34. The Morgan fingerprint density at radius 3 is 2.43 bits per heavy atom. The van der Waals surface area contributed by atoms with Gasteiger partial charge in [-0.15, -0.1) is 0 Å². The number of hydrogen-bond acceptors (Lipinski definition) is 6. The van der Waals surface area contributed by atoms with E-state index in [9.17, 15) is 19.2 Å². The van der Waals surface area contributed by atoms with Crippen LogP contribution in [0.2, 0.25) is 0 Å². The van der Waals surface area contributed by atoms with Gasteiger partial charge in [-0.3, -0.25) is 24.2 Å². The summed E-state index contributed by atoms with van der Waals surface area (Å²) in [6, 6.07) is 17.3. The fraction of sp³-hybridized carbons (Fsp3) is 0.321. The summed E-state index contributed by atoms with van der Waals surface area (Å²) in [6.45, 7) is 4.81. The number of pyridine rings is 1. The molecule has 1 N–H and O–H groups in total. The highest BCUT2D eigenvalue weighted by Crippen LogP contribution is 2.21. The Balaban J connectivity index is 1.62. The van der Waals surface area contributed by atoms with Gasteiger partial charge in [-0.2, -0.15) is 0 Å². The lowest BCUT2D eigenvalue weighted by molar-refractivity contribution is -0.174. The van der Waals surface area contributed by atoms with E-state index in [1.165, 1.54) is 11.2 Å². The maximum Gasteiger partial charge on any atom is 0.328 e. The van der Waals surface area contributed by atoms with Crippen molar-refractivity contribution < 1.29 is 23.9 Å². The predicted molar refractivity (Wildman–Crippen MR) is 137 cm³/mol. The molecule has 1 saturated heterocycles. The smallest absolute Gasteiger partial charge is 0.328 e. The molecule has 2 heterocycles. The van der Waals surface area contributed by atoms with Crippen molar-refractivity contribution in [2.45, 2.75) is 51.8 Å². The number of hydrazine groups is 1. The van der Waals surface area contributed by atoms with Crippen LogP contribution >= 0.6 is 0 Å². The molecule has 0 bridgehead atoms. The van der Waals surface area contributed by atoms with Crippen molar-refractivity contribution in [3.63, 3.8) is 0 Å². The van der Waals surface area contributed by atoms with Gasteiger partial charge in [0.1, 0.15) is 23.9 Å². The van der Waals surface area contributed by atoms with Gasteiger partial charge in [0, 0.05) is 18.0 Å². The average molecular weight is 503 g/mol. The van der Waals surface area contributed by atoms with E-state index in [1.807, 2.05) is 42.5 Å². The highest BCUT2D eigenvalue weighted by molar-refractivity contribution is 6.06. The number of fused-ring (bicyclic) bond motifs is 1. The van der Waals surface area contributed by atoms with Crippen LogP contribution in [0.5, 0.6) is 0 Å². The van der Waals surface area contributed by atoms with Gasteiger partial charge in [0.05, 0.1) is 6.54 Å². The molecular weight excluding hydrogens is 472 g/mol. The third-order valence-electron chi connectivity index (χ3n) is 5.85. The Hall–Kier alpha value is -4.27. The van der Waals surface area contributed by atoms with Crippen LogP contribution in [0.4, 0.5) is 0 Å². The third-order valence-corrected chi connectivity index (χ3v) is 5.85. The number of rotatable bonds is 6. The zero-order chi connectivity index (χ0) is 26.6. The minimum Gasteiger partial charge on any atom is -0.459 e. The van der Waals surface area contributed by atoms with Crippen molar-refractivity contribution in [3.05, 3.63) is 78.1 Å². The number of carbonyl (C=O) groups excluding carboxylic acids is 4. The molecule has 9 heteroatoms. The van der Waals surface area contributed by atoms with E-state index in [4.69, 9.17) is 4.74 Å². The molecule has 0 saturated carbocycles. The first-order valence-electron chi connectivity index (χ1n) is 12.1. The number of nitrogens with one attached hydrogen (secondary N) is 1. The van der Waals surface area contributed by atoms with E-state index in [0.29, 0.717) is 5.39 Å². The maximum atomic E-state index is 13.7. The zero-order valence-corrected chi connectivity index (χ0v) is 21.1. The second-order valence-corrected chi connectivity index (χ2v) is 9.86. The topological polar surface area (TPSA) is 109 Å². The molecule has 1 aliphatic rings. The monoisotopic (exact) mass is 502 g/mol. The summed E-state index contributed by atoms with van der Waals surface area (Å²) in [5.41, 5.74) is 0.204. The van der Waals surface area contributed by atoms with Crippen molar-refractivity contribution in [2.75, 3.05) is 6.54 Å². The van der Waals surface area contributed by atoms with E-state index in [2.05, 4.69) is 10.3 Å². The highest BCUT2D eigenvalue weighted by atomic mass is 16.6. The quantitative estimate of drug-likeness (QED) is 0.519. The summed E-state index contributed by atoms with van der Waals surface area (Å²) in [4.78, 5) is 57.1. The van der Waals surface area contributed by atoms with Gasteiger partial charge < -0.3 is 10.1 Å². The molecule has 0 aliphatic carbocycles. The van der Waals surface area contributed by atoms with E-state index < -0.39 is 36.0 Å². The molecular formula is C28H30N4O5. The first-order chi connectivity index (χ1) is 17.6. The molecule has 192 valence electrons. The van der Waals surface area contributed by atoms with E-state index >= 15 is 0 Å². The van der Waals surface area contributed by atoms with Crippen LogP contribution in [0.1, 0.15) is 49.7 Å². The van der Waals surface area contributed by atoms with Crippen LogP contribution in [0, 0.1) is 0 Å². The van der Waals surface area contributed by atoms with Crippen molar-refractivity contribution >= 4 is 34.5 Å². The van der Waals surface area contributed by atoms with Crippen LogP contribution in [-0.4, -0.2) is 56.9 Å². The first-order valence-corrected chi connectivity index (χ1v) is 12.1. The molecule has 9 nitrogen and oxygen atoms in total. The van der Waals surface area contributed by atoms with E-state index in [0.717, 1.165) is 16.0 Å². The van der Waals surface area contributed by atoms with Gasteiger partial charge in [-0.25, -0.2) is 10.0 Å². The molecule has 1 aromatic heterocycles. The summed E-state index contributed by atoms with van der Waals surface area (Å²) in [5.74, 6) is -2.09. The lowest BCUT2D eigenvalue weighted by atomic mass is 10.1. The lowest BCUT2D eigenvalue weighted by Crippen LogP contribution is -2.55. The molecule has 0 spiro atoms. The number of aromatic nitrogens is 1. The molecule has 1 fully saturated rings. The first kappa shape index (κ1) is 25.8. The predicted octanol–water partition coefficient (Wildman–Crippen LogP) is 3.24. The Morgan fingerprint density at radius 2 is 1.70 bits per heavy atom. The number of hydrogen-bond donors (Lipinski definition) is 1. The number of carbonyl (C=O) groups is 4. The van der Waals surface area contributed by atoms with Gasteiger partial charge in [0.2, 0.25) is 5.91 Å². The van der Waals surface area contributed by atoms with Gasteiger partial charge in [-0.1, -0.05) is 54.6 Å². The van der Waals surface area contributed by atoms with Crippen LogP contribution in [0.15, 0.2) is 66.9 Å². The molecule has 4 rings (SSSR count). The molecule has 1 atom stereocenters. The zero-order valence-electron chi connectivity index (χ0n) is 21.1. The van der Waals surface area contributed by atoms with Gasteiger partial charge in [0.25, 0.3) is 11.8 Å². The fourth-order valence-corrected chi connectivity index (χ4v) is 4.20. The molecule has 1 aliphatic heterocycles. The van der Waals surface area contributed by atoms with Crippen LogP contribution < -0.4 is 5.32 Å². The summed E-state index contributed by atoms with van der Waals surface area (Å²) in [7, 11) is 0. The SMILES string of the molecule is CC(C)(C)OC(=O)CN1C(=O)C(NC(=O)c2nccc3ccccc23)CCC(=O)N1Cc1ccccc1. The normalized spacial score (nSPS) is 16.5.